The summed E-state index contributed by atoms with van der Waals surface area (Å²) < 4.78 is 6.78. The van der Waals surface area contributed by atoms with Gasteiger partial charge in [-0.25, -0.2) is 0 Å². The molecule has 1 N–H and O–H groups in total. The molecule has 0 aromatic heterocycles. The fourth-order valence-electron chi connectivity index (χ4n) is 1.67. The zero-order valence-electron chi connectivity index (χ0n) is 10.7. The average Bonchev–Trinajstić information content (AvgIpc) is 2.36. The van der Waals surface area contributed by atoms with Gasteiger partial charge < -0.3 is 9.84 Å². The summed E-state index contributed by atoms with van der Waals surface area (Å²) >= 11 is 9.59. The Kier molecular flexibility index (Phi) is 4.50. The SMILES string of the molecule is Cc1cc(Oc2ccc([C@H](C)O)cc2Cl)ccc1Br. The molecule has 100 valence electrons. The number of aliphatic hydroxyl groups is 1. The first-order chi connectivity index (χ1) is 8.97. The molecule has 0 spiro atoms. The van der Waals surface area contributed by atoms with Gasteiger partial charge in [-0.05, 0) is 55.3 Å². The summed E-state index contributed by atoms with van der Waals surface area (Å²) in [7, 11) is 0. The number of aryl methyl sites for hydroxylation is 1. The highest BCUT2D eigenvalue weighted by molar-refractivity contribution is 9.10. The van der Waals surface area contributed by atoms with E-state index in [1.165, 1.54) is 0 Å². The van der Waals surface area contributed by atoms with Crippen molar-refractivity contribution in [3.8, 4) is 11.5 Å². The van der Waals surface area contributed by atoms with Crippen molar-refractivity contribution in [1.29, 1.82) is 0 Å². The molecule has 1 atom stereocenters. The molecule has 0 radical (unpaired) electrons. The van der Waals surface area contributed by atoms with Crippen LogP contribution in [-0.4, -0.2) is 5.11 Å². The van der Waals surface area contributed by atoms with E-state index in [1.54, 1.807) is 25.1 Å². The van der Waals surface area contributed by atoms with Gasteiger partial charge >= 0.3 is 0 Å². The van der Waals surface area contributed by atoms with Crippen molar-refractivity contribution >= 4 is 27.5 Å². The normalized spacial score (nSPS) is 12.3. The molecule has 0 heterocycles. The Labute approximate surface area is 126 Å². The molecule has 0 saturated carbocycles. The van der Waals surface area contributed by atoms with Gasteiger partial charge in [0.25, 0.3) is 0 Å². The summed E-state index contributed by atoms with van der Waals surface area (Å²) in [6.45, 7) is 3.69. The highest BCUT2D eigenvalue weighted by Gasteiger charge is 2.08. The van der Waals surface area contributed by atoms with Gasteiger partial charge in [0, 0.05) is 4.47 Å². The first-order valence-electron chi connectivity index (χ1n) is 5.89. The number of aliphatic hydroxyl groups excluding tert-OH is 1. The third-order valence-electron chi connectivity index (χ3n) is 2.80. The van der Waals surface area contributed by atoms with E-state index in [-0.39, 0.29) is 0 Å². The molecule has 0 fully saturated rings. The van der Waals surface area contributed by atoms with Crippen LogP contribution in [0.5, 0.6) is 11.5 Å². The van der Waals surface area contributed by atoms with E-state index >= 15 is 0 Å². The van der Waals surface area contributed by atoms with E-state index in [1.807, 2.05) is 25.1 Å². The van der Waals surface area contributed by atoms with Crippen LogP contribution in [0.25, 0.3) is 0 Å². The highest BCUT2D eigenvalue weighted by Crippen LogP contribution is 2.32. The molecule has 4 heteroatoms. The summed E-state index contributed by atoms with van der Waals surface area (Å²) in [4.78, 5) is 0. The van der Waals surface area contributed by atoms with E-state index in [4.69, 9.17) is 16.3 Å². The summed E-state index contributed by atoms with van der Waals surface area (Å²) in [5.74, 6) is 1.31. The first kappa shape index (κ1) is 14.4. The number of rotatable bonds is 3. The second kappa shape index (κ2) is 5.95. The van der Waals surface area contributed by atoms with Crippen molar-refractivity contribution in [1.82, 2.24) is 0 Å². The van der Waals surface area contributed by atoms with Gasteiger partial charge in [-0.3, -0.25) is 0 Å². The van der Waals surface area contributed by atoms with Crippen molar-refractivity contribution in [3.05, 3.63) is 57.0 Å². The molecule has 0 bridgehead atoms. The summed E-state index contributed by atoms with van der Waals surface area (Å²) in [6, 6.07) is 11.0. The quantitative estimate of drug-likeness (QED) is 0.825. The summed E-state index contributed by atoms with van der Waals surface area (Å²) in [5, 5.41) is 9.98. The van der Waals surface area contributed by atoms with Gasteiger partial charge in [-0.15, -0.1) is 0 Å². The number of halogens is 2. The monoisotopic (exact) mass is 340 g/mol. The predicted octanol–water partition coefficient (Wildman–Crippen LogP) is 5.26. The average molecular weight is 342 g/mol. The van der Waals surface area contributed by atoms with E-state index in [9.17, 15) is 5.11 Å². The van der Waals surface area contributed by atoms with Crippen LogP contribution in [0, 0.1) is 6.92 Å². The molecule has 19 heavy (non-hydrogen) atoms. The molecular formula is C15H14BrClO2. The molecule has 0 saturated heterocycles. The van der Waals surface area contributed by atoms with Crippen LogP contribution < -0.4 is 4.74 Å². The van der Waals surface area contributed by atoms with Crippen LogP contribution in [-0.2, 0) is 0 Å². The zero-order valence-corrected chi connectivity index (χ0v) is 13.0. The molecule has 0 aliphatic heterocycles. The van der Waals surface area contributed by atoms with E-state index < -0.39 is 6.10 Å². The Morgan fingerprint density at radius 3 is 2.53 bits per heavy atom. The Balaban J connectivity index is 2.25. The Bertz CT molecular complexity index is 597. The lowest BCUT2D eigenvalue weighted by atomic mass is 10.1. The minimum absolute atomic E-state index is 0.485. The molecule has 0 aliphatic carbocycles. The van der Waals surface area contributed by atoms with E-state index in [2.05, 4.69) is 15.9 Å². The third kappa shape index (κ3) is 3.50. The van der Waals surface area contributed by atoms with Gasteiger partial charge in [0.2, 0.25) is 0 Å². The fraction of sp³-hybridized carbons (Fsp3) is 0.200. The third-order valence-corrected chi connectivity index (χ3v) is 3.98. The topological polar surface area (TPSA) is 29.5 Å². The molecule has 2 aromatic carbocycles. The van der Waals surface area contributed by atoms with Crippen LogP contribution >= 0.6 is 27.5 Å². The second-order valence-corrected chi connectivity index (χ2v) is 5.64. The number of ether oxygens (including phenoxy) is 1. The van der Waals surface area contributed by atoms with E-state index in [0.717, 1.165) is 21.3 Å². The largest absolute Gasteiger partial charge is 0.456 e. The minimum Gasteiger partial charge on any atom is -0.456 e. The standard InChI is InChI=1S/C15H14BrClO2/c1-9-7-12(4-5-13(9)16)19-15-6-3-11(10(2)18)8-14(15)17/h3-8,10,18H,1-2H3/t10-/m0/s1. The molecule has 0 aliphatic rings. The van der Waals surface area contributed by atoms with Gasteiger partial charge in [0.05, 0.1) is 11.1 Å². The predicted molar refractivity (Wildman–Crippen MR) is 81.0 cm³/mol. The molecular weight excluding hydrogens is 328 g/mol. The lowest BCUT2D eigenvalue weighted by molar-refractivity contribution is 0.199. The zero-order chi connectivity index (χ0) is 14.0. The van der Waals surface area contributed by atoms with Crippen LogP contribution in [0.2, 0.25) is 5.02 Å². The van der Waals surface area contributed by atoms with Crippen LogP contribution in [0.15, 0.2) is 40.9 Å². The highest BCUT2D eigenvalue weighted by atomic mass is 79.9. The summed E-state index contributed by atoms with van der Waals surface area (Å²) in [6.07, 6.45) is -0.540. The van der Waals surface area contributed by atoms with Gasteiger partial charge in [0.1, 0.15) is 11.5 Å². The molecule has 2 aromatic rings. The fourth-order valence-corrected chi connectivity index (χ4v) is 2.14. The summed E-state index contributed by atoms with van der Waals surface area (Å²) in [5.41, 5.74) is 1.86. The molecule has 0 unspecified atom stereocenters. The Morgan fingerprint density at radius 2 is 1.95 bits per heavy atom. The number of hydrogen-bond acceptors (Lipinski definition) is 2. The van der Waals surface area contributed by atoms with Crippen molar-refractivity contribution < 1.29 is 9.84 Å². The first-order valence-corrected chi connectivity index (χ1v) is 7.06. The lowest BCUT2D eigenvalue weighted by Crippen LogP contribution is -1.92. The maximum atomic E-state index is 9.49. The number of hydrogen-bond donors (Lipinski definition) is 1. The smallest absolute Gasteiger partial charge is 0.146 e. The van der Waals surface area contributed by atoms with Crippen LogP contribution in [0.1, 0.15) is 24.2 Å². The lowest BCUT2D eigenvalue weighted by Gasteiger charge is -2.11. The maximum absolute atomic E-state index is 9.49. The number of benzene rings is 2. The molecule has 0 amide bonds. The van der Waals surface area contributed by atoms with Crippen molar-refractivity contribution in [3.63, 3.8) is 0 Å². The van der Waals surface area contributed by atoms with E-state index in [0.29, 0.717) is 10.8 Å². The van der Waals surface area contributed by atoms with Crippen molar-refractivity contribution in [2.45, 2.75) is 20.0 Å². The molecule has 2 nitrogen and oxygen atoms in total. The van der Waals surface area contributed by atoms with Crippen LogP contribution in [0.4, 0.5) is 0 Å². The van der Waals surface area contributed by atoms with Crippen LogP contribution in [0.3, 0.4) is 0 Å². The second-order valence-electron chi connectivity index (χ2n) is 4.38. The Morgan fingerprint density at radius 1 is 1.21 bits per heavy atom. The minimum atomic E-state index is -0.540. The van der Waals surface area contributed by atoms with Gasteiger partial charge in [0.15, 0.2) is 0 Å². The molecule has 2 rings (SSSR count). The van der Waals surface area contributed by atoms with Crippen molar-refractivity contribution in [2.24, 2.45) is 0 Å². The Hall–Kier alpha value is -1.03. The van der Waals surface area contributed by atoms with Gasteiger partial charge in [-0.1, -0.05) is 33.6 Å². The van der Waals surface area contributed by atoms with Crippen molar-refractivity contribution in [2.75, 3.05) is 0 Å². The maximum Gasteiger partial charge on any atom is 0.146 e. The van der Waals surface area contributed by atoms with Gasteiger partial charge in [-0.2, -0.15) is 0 Å².